The summed E-state index contributed by atoms with van der Waals surface area (Å²) in [7, 11) is -9.59. The van der Waals surface area contributed by atoms with E-state index < -0.39 is 34.0 Å². The molecule has 0 amide bonds. The Balaban J connectivity index is 3.23. The molecule has 0 radical (unpaired) electrons. The third-order valence-corrected chi connectivity index (χ3v) is 23.2. The molecular weight excluding hydrogens is 497 g/mol. The van der Waals surface area contributed by atoms with Crippen molar-refractivity contribution in [1.29, 1.82) is 0 Å². The zero-order valence-electron chi connectivity index (χ0n) is 23.8. The van der Waals surface area contributed by atoms with Crippen LogP contribution in [0, 0.1) is 0 Å². The van der Waals surface area contributed by atoms with E-state index in [9.17, 15) is 0 Å². The first-order chi connectivity index (χ1) is 16.1. The van der Waals surface area contributed by atoms with Gasteiger partial charge < -0.3 is 26.2 Å². The SMILES string of the molecule is CCCCO[Si]1(C)CC[Si](C)(OCCCC)O[Si](C)(OCCCC)C[Si](C)(OCCCC)OC1. The van der Waals surface area contributed by atoms with E-state index in [4.69, 9.17) is 26.2 Å². The monoisotopic (exact) mass is 552 g/mol. The van der Waals surface area contributed by atoms with Crippen molar-refractivity contribution in [1.82, 2.24) is 0 Å². The van der Waals surface area contributed by atoms with Gasteiger partial charge in [0.05, 0.1) is 6.23 Å². The summed E-state index contributed by atoms with van der Waals surface area (Å²) >= 11 is 0. The summed E-state index contributed by atoms with van der Waals surface area (Å²) in [4.78, 5) is 0. The highest BCUT2D eigenvalue weighted by Crippen LogP contribution is 2.34. The highest BCUT2D eigenvalue weighted by Gasteiger charge is 2.52. The first kappa shape index (κ1) is 32.7. The maximum atomic E-state index is 7.09. The van der Waals surface area contributed by atoms with Crippen LogP contribution in [0.5, 0.6) is 0 Å². The molecule has 10 heteroatoms. The van der Waals surface area contributed by atoms with Crippen LogP contribution in [0.15, 0.2) is 0 Å². The predicted molar refractivity (Wildman–Crippen MR) is 151 cm³/mol. The summed E-state index contributed by atoms with van der Waals surface area (Å²) in [5.41, 5.74) is 0.784. The first-order valence-electron chi connectivity index (χ1n) is 14.0. The van der Waals surface area contributed by atoms with E-state index in [0.717, 1.165) is 95.5 Å². The molecule has 4 unspecified atom stereocenters. The third-order valence-electron chi connectivity index (χ3n) is 6.53. The van der Waals surface area contributed by atoms with Gasteiger partial charge in [-0.15, -0.1) is 0 Å². The van der Waals surface area contributed by atoms with Crippen molar-refractivity contribution in [3.8, 4) is 0 Å². The van der Waals surface area contributed by atoms with E-state index in [1.807, 2.05) is 0 Å². The Morgan fingerprint density at radius 2 is 1.00 bits per heavy atom. The molecule has 0 aliphatic carbocycles. The molecule has 0 aromatic heterocycles. The number of unbranched alkanes of at least 4 members (excludes halogenated alkanes) is 4. The molecule has 1 saturated heterocycles. The van der Waals surface area contributed by atoms with Crippen LogP contribution in [0.4, 0.5) is 0 Å². The van der Waals surface area contributed by atoms with Gasteiger partial charge in [0, 0.05) is 32.1 Å². The van der Waals surface area contributed by atoms with Crippen LogP contribution in [-0.4, -0.2) is 66.7 Å². The van der Waals surface area contributed by atoms with E-state index in [2.05, 4.69) is 53.9 Å². The number of rotatable bonds is 16. The quantitative estimate of drug-likeness (QED) is 0.149. The fourth-order valence-electron chi connectivity index (χ4n) is 4.20. The lowest BCUT2D eigenvalue weighted by Crippen LogP contribution is -2.60. The van der Waals surface area contributed by atoms with Crippen LogP contribution >= 0.6 is 0 Å². The minimum atomic E-state index is -2.56. The average molecular weight is 553 g/mol. The fourth-order valence-corrected chi connectivity index (χ4v) is 24.9. The molecule has 1 fully saturated rings. The van der Waals surface area contributed by atoms with Crippen LogP contribution in [0.3, 0.4) is 0 Å². The largest absolute Gasteiger partial charge is 0.415 e. The van der Waals surface area contributed by atoms with Crippen LogP contribution in [0.2, 0.25) is 43.9 Å². The molecule has 0 aromatic rings. The van der Waals surface area contributed by atoms with Crippen molar-refractivity contribution in [3.63, 3.8) is 0 Å². The second-order valence-corrected chi connectivity index (χ2v) is 25.4. The highest BCUT2D eigenvalue weighted by molar-refractivity contribution is 6.90. The molecule has 0 bridgehead atoms. The summed E-state index contributed by atoms with van der Waals surface area (Å²) in [6.07, 6.45) is 9.47. The van der Waals surface area contributed by atoms with Gasteiger partial charge in [0.2, 0.25) is 8.32 Å². The van der Waals surface area contributed by atoms with E-state index >= 15 is 0 Å². The van der Waals surface area contributed by atoms with Gasteiger partial charge in [-0.05, 0) is 64.0 Å². The van der Waals surface area contributed by atoms with Gasteiger partial charge >= 0.3 is 25.7 Å². The van der Waals surface area contributed by atoms with E-state index in [1.165, 1.54) is 0 Å². The van der Waals surface area contributed by atoms with Crippen molar-refractivity contribution in [3.05, 3.63) is 0 Å². The summed E-state index contributed by atoms with van der Waals surface area (Å²) in [6.45, 7) is 20.9. The Hall–Kier alpha value is 0.628. The second kappa shape index (κ2) is 16.5. The predicted octanol–water partition coefficient (Wildman–Crippen LogP) is 7.17. The number of hydrogen-bond acceptors (Lipinski definition) is 6. The lowest BCUT2D eigenvalue weighted by Gasteiger charge is -2.43. The van der Waals surface area contributed by atoms with Crippen molar-refractivity contribution >= 4 is 34.0 Å². The Labute approximate surface area is 215 Å². The molecule has 6 nitrogen and oxygen atoms in total. The molecule has 1 aliphatic heterocycles. The normalized spacial score (nSPS) is 33.2. The molecule has 0 saturated carbocycles. The van der Waals surface area contributed by atoms with Gasteiger partial charge in [0.25, 0.3) is 0 Å². The first-order valence-corrected chi connectivity index (χ1v) is 24.4. The van der Waals surface area contributed by atoms with E-state index in [0.29, 0.717) is 6.23 Å². The number of hydrogen-bond donors (Lipinski definition) is 0. The van der Waals surface area contributed by atoms with Gasteiger partial charge in [0.1, 0.15) is 0 Å². The molecule has 34 heavy (non-hydrogen) atoms. The van der Waals surface area contributed by atoms with Gasteiger partial charge in [-0.3, -0.25) is 0 Å². The Morgan fingerprint density at radius 3 is 1.50 bits per heavy atom. The zero-order valence-corrected chi connectivity index (χ0v) is 27.8. The Morgan fingerprint density at radius 1 is 0.559 bits per heavy atom. The molecule has 1 heterocycles. The molecule has 1 aliphatic rings. The van der Waals surface area contributed by atoms with Gasteiger partial charge in [-0.2, -0.15) is 0 Å². The molecule has 204 valence electrons. The van der Waals surface area contributed by atoms with Crippen LogP contribution in [0.25, 0.3) is 0 Å². The van der Waals surface area contributed by atoms with Crippen molar-refractivity contribution in [2.24, 2.45) is 0 Å². The molecule has 1 rings (SSSR count). The summed E-state index contributed by atoms with van der Waals surface area (Å²) in [5, 5.41) is 0. The minimum absolute atomic E-state index is 0.699. The van der Waals surface area contributed by atoms with Crippen LogP contribution in [0.1, 0.15) is 79.1 Å². The van der Waals surface area contributed by atoms with E-state index in [-0.39, 0.29) is 0 Å². The maximum absolute atomic E-state index is 7.09. The van der Waals surface area contributed by atoms with Crippen molar-refractivity contribution < 1.29 is 26.2 Å². The topological polar surface area (TPSA) is 55.4 Å². The maximum Gasteiger partial charge on any atom is 0.336 e. The van der Waals surface area contributed by atoms with Crippen LogP contribution < -0.4 is 0 Å². The zero-order chi connectivity index (χ0) is 25.6. The standard InChI is InChI=1S/C24H56O6Si4/c1-9-13-17-25-31(5)21-22-32(6,26-18-14-10-2)30-34(8,28-20-16-12-4)24-33(7,29-23-31)27-19-15-11-3/h9-24H2,1-8H3. The molecule has 0 aromatic carbocycles. The van der Waals surface area contributed by atoms with Crippen LogP contribution in [-0.2, 0) is 26.2 Å². The molecule has 4 atom stereocenters. The van der Waals surface area contributed by atoms with Gasteiger partial charge in [-0.25, -0.2) is 0 Å². The van der Waals surface area contributed by atoms with Crippen molar-refractivity contribution in [2.75, 3.05) is 32.7 Å². The smallest absolute Gasteiger partial charge is 0.336 e. The summed E-state index contributed by atoms with van der Waals surface area (Å²) < 4.78 is 40.2. The molecule has 0 N–H and O–H groups in total. The highest BCUT2D eigenvalue weighted by atomic mass is 28.5. The van der Waals surface area contributed by atoms with Gasteiger partial charge in [-0.1, -0.05) is 53.4 Å². The van der Waals surface area contributed by atoms with Gasteiger partial charge in [0.15, 0.2) is 0 Å². The Kier molecular flexibility index (Phi) is 15.8. The average Bonchev–Trinajstić information content (AvgIpc) is 2.77. The lowest BCUT2D eigenvalue weighted by molar-refractivity contribution is 0.161. The Bertz CT molecular complexity index is 514. The summed E-state index contributed by atoms with van der Waals surface area (Å²) in [5.74, 6) is 0. The lowest BCUT2D eigenvalue weighted by atomic mass is 10.4. The van der Waals surface area contributed by atoms with E-state index in [1.54, 1.807) is 0 Å². The fraction of sp³-hybridized carbons (Fsp3) is 1.00. The summed E-state index contributed by atoms with van der Waals surface area (Å²) in [6, 6.07) is 1.95. The third kappa shape index (κ3) is 12.7. The molecular formula is C24H56O6Si4. The minimum Gasteiger partial charge on any atom is -0.415 e. The second-order valence-electron chi connectivity index (χ2n) is 10.7. The van der Waals surface area contributed by atoms with Crippen molar-refractivity contribution in [2.45, 2.75) is 123 Å². The molecule has 0 spiro atoms.